The minimum atomic E-state index is -0.837. The fourth-order valence-electron chi connectivity index (χ4n) is 1.01. The smallest absolute Gasteiger partial charge is 0.296 e. The number of aliphatic carboxylic acids is 1. The van der Waals surface area contributed by atoms with Crippen molar-refractivity contribution in [1.82, 2.24) is 0 Å². The molecule has 0 amide bonds. The number of carboxylic acid groups (broad SMARTS) is 1. The molecule has 0 aliphatic heterocycles. The molecular weight excluding hydrogens is 1080 g/mol. The molecule has 0 unspecified atom stereocenters. The van der Waals surface area contributed by atoms with E-state index in [1.165, 1.54) is 0 Å². The van der Waals surface area contributed by atoms with Gasteiger partial charge in [-0.2, -0.15) is 17.7 Å². The number of carboxylic acids is 1. The Morgan fingerprint density at radius 1 is 0.421 bits per heavy atom. The first-order valence-electron chi connectivity index (χ1n) is 6.72. The Balaban J connectivity index is -0.0000000108. The number of benzene rings is 1. The Kier molecular flexibility index (Phi) is 2470. The van der Waals surface area contributed by atoms with Crippen LogP contribution in [0, 0.1) is 13.0 Å². The molecule has 0 heterocycles. The van der Waals surface area contributed by atoms with Gasteiger partial charge in [0, 0.05) is 240 Å². The molecule has 375 valence electrons. The molecule has 57 heavy (non-hydrogen) atoms. The molecule has 0 spiro atoms. The number of carbonyl (C=O) groups is 1. The van der Waals surface area contributed by atoms with Crippen LogP contribution in [-0.4, -0.2) is 11.1 Å². The maximum Gasteiger partial charge on any atom is 0.296 e. The number of nitrogen functional groups attached to an aromatic ring is 1. The zero-order valence-corrected chi connectivity index (χ0v) is 26.8. The van der Waals surface area contributed by atoms with Crippen LogP contribution in [0.4, 0.5) is 207 Å². The summed E-state index contributed by atoms with van der Waals surface area (Å²) in [4.78, 5) is 10.4. The average Bonchev–Trinajstić information content (AvgIpc) is 3.38. The topological polar surface area (TPSA) is 63.3 Å². The van der Waals surface area contributed by atoms with E-state index in [9.17, 15) is 4.79 Å². The summed E-state index contributed by atoms with van der Waals surface area (Å²) < 4.78 is 352. The second-order valence-corrected chi connectivity index (χ2v) is 2.67. The molecule has 0 aliphatic carbocycles. The van der Waals surface area contributed by atoms with E-state index in [4.69, 9.17) is 212 Å². The summed E-state index contributed by atoms with van der Waals surface area (Å²) in [5, 5.41) is 8.52. The number of anilines is 1. The molecule has 0 fully saturated rings. The largest absolute Gasteiger partial charge is 0.482 e. The van der Waals surface area contributed by atoms with Gasteiger partial charge in [-0.05, 0) is 0 Å². The van der Waals surface area contributed by atoms with Gasteiger partial charge in [-0.25, -0.2) is 0 Å². The van der Waals surface area contributed by atoms with Crippen LogP contribution in [0.3, 0.4) is 0 Å². The zero-order valence-electron chi connectivity index (χ0n) is 24.0. The molecule has 0 atom stereocenters. The van der Waals surface area contributed by atoms with Crippen LogP contribution < -0.4 is 5.73 Å². The summed E-state index contributed by atoms with van der Waals surface area (Å²) in [6, 6.07) is 6.10. The fourth-order valence-corrected chi connectivity index (χ4v) is 1.01. The van der Waals surface area contributed by atoms with Gasteiger partial charge in [-0.1, -0.05) is 12.6 Å². The third-order valence-electron chi connectivity index (χ3n) is 1.63. The SMILES string of the molecule is Cc1cc(N)[c-]cc1CC(=O)O.FF.FF.FF.FF.FF.FF.FF.FF.FF.FF.FF.FF.FF.FF.FF.FF.FF.FF.FF.FF.FF.FF.[Y]. The van der Waals surface area contributed by atoms with Crippen molar-refractivity contribution in [3.63, 3.8) is 0 Å². The number of halogens is 44. The monoisotopic (exact) mass is 1090 g/mol. The van der Waals surface area contributed by atoms with E-state index in [0.717, 1.165) is 11.1 Å². The number of hydrogen-bond acceptors (Lipinski definition) is 2. The summed E-state index contributed by atoms with van der Waals surface area (Å²) in [6.45, 7) is 1.84. The first-order chi connectivity index (χ1) is 27.6. The van der Waals surface area contributed by atoms with Crippen molar-refractivity contribution >= 4 is 11.7 Å². The molecule has 1 aromatic rings. The third-order valence-corrected chi connectivity index (χ3v) is 1.63. The summed E-state index contributed by atoms with van der Waals surface area (Å²) in [5.41, 5.74) is 7.66. The minimum Gasteiger partial charge on any atom is -0.482 e. The van der Waals surface area contributed by atoms with Gasteiger partial charge >= 0.3 is 0 Å². The second kappa shape index (κ2) is 890. The maximum atomic E-state index is 10.4. The van der Waals surface area contributed by atoms with Gasteiger partial charge in [-0.15, -0.1) is 11.6 Å². The van der Waals surface area contributed by atoms with E-state index in [-0.39, 0.29) is 39.1 Å². The van der Waals surface area contributed by atoms with Crippen LogP contribution in [0.1, 0.15) is 11.1 Å². The minimum absolute atomic E-state index is 0. The molecule has 1 rings (SSSR count). The quantitative estimate of drug-likeness (QED) is 0.176. The summed E-state index contributed by atoms with van der Waals surface area (Å²) in [7, 11) is 0. The van der Waals surface area contributed by atoms with Gasteiger partial charge in [0.15, 0.2) is 0 Å². The molecule has 0 bridgehead atoms. The zero-order chi connectivity index (χ0) is 53.1. The Bertz CT molecular complexity index is 357. The van der Waals surface area contributed by atoms with Gasteiger partial charge in [0.2, 0.25) is 0 Å². The Morgan fingerprint density at radius 2 is 0.561 bits per heavy atom. The molecule has 3 N–H and O–H groups in total. The molecule has 3 nitrogen and oxygen atoms in total. The van der Waals surface area contributed by atoms with Crippen LogP contribution in [0.2, 0.25) is 0 Å². The Hall–Kier alpha value is -3.49. The fraction of sp³-hybridized carbons (Fsp3) is 0.222. The van der Waals surface area contributed by atoms with Gasteiger partial charge in [0.1, 0.15) is 0 Å². The van der Waals surface area contributed by atoms with Crippen LogP contribution in [0.25, 0.3) is 0 Å². The Labute approximate surface area is 305 Å². The van der Waals surface area contributed by atoms with E-state index in [2.05, 4.69) is 6.07 Å². The predicted octanol–water partition coefficient (Wildman–Crippen LogP) is 19.5. The van der Waals surface area contributed by atoms with Crippen molar-refractivity contribution in [1.29, 1.82) is 0 Å². The second-order valence-electron chi connectivity index (χ2n) is 2.67. The first-order valence-corrected chi connectivity index (χ1v) is 6.72. The number of nitrogens with two attached hydrogens (primary N) is 1. The van der Waals surface area contributed by atoms with E-state index in [1.54, 1.807) is 12.1 Å². The third kappa shape index (κ3) is 734. The van der Waals surface area contributed by atoms with Gasteiger partial charge in [0.25, 0.3) is 5.97 Å². The first kappa shape index (κ1) is 158. The molecule has 1 aromatic carbocycles. The van der Waals surface area contributed by atoms with E-state index < -0.39 is 5.97 Å². The van der Waals surface area contributed by atoms with Crippen molar-refractivity contribution in [3.05, 3.63) is 29.3 Å². The van der Waals surface area contributed by atoms with Crippen LogP contribution in [-0.2, 0) is 43.9 Å². The maximum absolute atomic E-state index is 10.4. The van der Waals surface area contributed by atoms with E-state index in [0.29, 0.717) is 5.69 Å². The van der Waals surface area contributed by atoms with Gasteiger partial charge < -0.3 is 10.8 Å². The molecular formula is C9H10F44NO2Y-. The molecule has 0 saturated heterocycles. The molecule has 1 radical (unpaired) electrons. The summed E-state index contributed by atoms with van der Waals surface area (Å²) in [5.74, 6) is -0.837. The number of rotatable bonds is 2. The van der Waals surface area contributed by atoms with Crippen molar-refractivity contribution in [3.8, 4) is 0 Å². The van der Waals surface area contributed by atoms with Crippen molar-refractivity contribution < 1.29 is 244 Å². The van der Waals surface area contributed by atoms with Crippen molar-refractivity contribution in [2.75, 3.05) is 5.73 Å². The summed E-state index contributed by atoms with van der Waals surface area (Å²) >= 11 is 0. The van der Waals surface area contributed by atoms with Crippen LogP contribution >= 0.6 is 0 Å². The van der Waals surface area contributed by atoms with Gasteiger partial charge in [-0.3, -0.25) is 4.79 Å². The Morgan fingerprint density at radius 3 is 0.667 bits per heavy atom. The molecule has 0 aliphatic rings. The van der Waals surface area contributed by atoms with E-state index >= 15 is 0 Å². The van der Waals surface area contributed by atoms with E-state index in [1.807, 2.05) is 6.92 Å². The number of aryl methyl sites for hydroxylation is 1. The van der Waals surface area contributed by atoms with Crippen molar-refractivity contribution in [2.45, 2.75) is 13.3 Å². The molecule has 48 heteroatoms. The van der Waals surface area contributed by atoms with Crippen LogP contribution in [0.15, 0.2) is 12.1 Å². The van der Waals surface area contributed by atoms with Gasteiger partial charge in [0.05, 0.1) is 0 Å². The average molecular weight is 1090 g/mol. The molecule has 0 aromatic heterocycles. The standard InChI is InChI=1S/C9H10NO2.22F2.Y/c1-6-4-8(10)3-2-7(6)5-9(11)12;22*1-2;/h2,4H,5,10H2,1H3,(H,11,12);;;;;;;;;;;;;;;;;;;;;;;/q-1;;;;;;;;;;;;;;;;;;;;;;;. The van der Waals surface area contributed by atoms with Crippen molar-refractivity contribution in [2.24, 2.45) is 0 Å². The predicted molar refractivity (Wildman–Crippen MR) is 94.5 cm³/mol. The molecule has 0 saturated carbocycles. The normalized spacial score (nSPS) is 4.37. The number of hydrogen-bond donors (Lipinski definition) is 2. The summed E-state index contributed by atoms with van der Waals surface area (Å²) in [6.07, 6.45) is 0.0304. The van der Waals surface area contributed by atoms with Crippen LogP contribution in [0.5, 0.6) is 0 Å².